The summed E-state index contributed by atoms with van der Waals surface area (Å²) in [6, 6.07) is 6.91. The highest BCUT2D eigenvalue weighted by atomic mass is 32.2. The van der Waals surface area contributed by atoms with E-state index >= 15 is 0 Å². The molecule has 0 spiro atoms. The van der Waals surface area contributed by atoms with Crippen molar-refractivity contribution in [2.75, 3.05) is 18.1 Å². The van der Waals surface area contributed by atoms with Crippen molar-refractivity contribution in [1.82, 2.24) is 4.72 Å². The summed E-state index contributed by atoms with van der Waals surface area (Å²) < 4.78 is 31.7. The van der Waals surface area contributed by atoms with Gasteiger partial charge in [-0.3, -0.25) is 0 Å². The van der Waals surface area contributed by atoms with E-state index in [2.05, 4.69) is 4.72 Å². The Morgan fingerprint density at radius 3 is 2.81 bits per heavy atom. The molecule has 0 aliphatic carbocycles. The maximum atomic E-state index is 11.9. The smallest absolute Gasteiger partial charge is 0.215 e. The number of ether oxygens (including phenoxy) is 1. The molecule has 0 aliphatic heterocycles. The third-order valence-electron chi connectivity index (χ3n) is 2.92. The lowest BCUT2D eigenvalue weighted by atomic mass is 10.2. The zero-order valence-electron chi connectivity index (χ0n) is 11.7. The van der Waals surface area contributed by atoms with E-state index < -0.39 is 10.0 Å². The Bertz CT molecular complexity index is 696. The maximum Gasteiger partial charge on any atom is 0.215 e. The molecule has 21 heavy (non-hydrogen) atoms. The SMILES string of the molecule is Cc1cscc1CNS(=O)(=O)CCOc1cccc(N)c1. The van der Waals surface area contributed by atoms with Crippen molar-refractivity contribution in [1.29, 1.82) is 0 Å². The number of benzene rings is 1. The predicted octanol–water partition coefficient (Wildman–Crippen LogP) is 2.14. The lowest BCUT2D eigenvalue weighted by molar-refractivity contribution is 0.340. The molecule has 0 atom stereocenters. The summed E-state index contributed by atoms with van der Waals surface area (Å²) in [5, 5.41) is 3.94. The number of anilines is 1. The van der Waals surface area contributed by atoms with Gasteiger partial charge in [0.25, 0.3) is 0 Å². The molecule has 0 radical (unpaired) electrons. The second kappa shape index (κ2) is 6.93. The zero-order valence-corrected chi connectivity index (χ0v) is 13.3. The van der Waals surface area contributed by atoms with Crippen LogP contribution in [-0.2, 0) is 16.6 Å². The Morgan fingerprint density at radius 2 is 2.14 bits per heavy atom. The van der Waals surface area contributed by atoms with Crippen LogP contribution < -0.4 is 15.2 Å². The molecular formula is C14H18N2O3S2. The maximum absolute atomic E-state index is 11.9. The van der Waals surface area contributed by atoms with Gasteiger partial charge < -0.3 is 10.5 Å². The summed E-state index contributed by atoms with van der Waals surface area (Å²) in [5.41, 5.74) is 8.30. The molecule has 3 N–H and O–H groups in total. The van der Waals surface area contributed by atoms with E-state index in [1.54, 1.807) is 35.6 Å². The molecule has 0 unspecified atom stereocenters. The van der Waals surface area contributed by atoms with Gasteiger partial charge in [0.1, 0.15) is 12.4 Å². The van der Waals surface area contributed by atoms with Crippen molar-refractivity contribution < 1.29 is 13.2 Å². The van der Waals surface area contributed by atoms with Crippen molar-refractivity contribution in [3.05, 3.63) is 46.2 Å². The quantitative estimate of drug-likeness (QED) is 0.764. The summed E-state index contributed by atoms with van der Waals surface area (Å²) in [4.78, 5) is 0. The van der Waals surface area contributed by atoms with Crippen LogP contribution in [0, 0.1) is 6.92 Å². The number of nitrogen functional groups attached to an aromatic ring is 1. The first-order valence-electron chi connectivity index (χ1n) is 6.43. The van der Waals surface area contributed by atoms with E-state index in [0.29, 0.717) is 18.0 Å². The van der Waals surface area contributed by atoms with Gasteiger partial charge >= 0.3 is 0 Å². The average molecular weight is 326 g/mol. The topological polar surface area (TPSA) is 81.4 Å². The van der Waals surface area contributed by atoms with Gasteiger partial charge in [-0.25, -0.2) is 13.1 Å². The summed E-state index contributed by atoms with van der Waals surface area (Å²) in [6.45, 7) is 2.36. The zero-order chi connectivity index (χ0) is 15.3. The Morgan fingerprint density at radius 1 is 1.33 bits per heavy atom. The van der Waals surface area contributed by atoms with Crippen molar-refractivity contribution >= 4 is 27.0 Å². The highest BCUT2D eigenvalue weighted by Gasteiger charge is 2.11. The van der Waals surface area contributed by atoms with Gasteiger partial charge in [-0.1, -0.05) is 6.07 Å². The number of sulfonamides is 1. The number of hydrogen-bond acceptors (Lipinski definition) is 5. The van der Waals surface area contributed by atoms with E-state index in [1.807, 2.05) is 17.7 Å². The highest BCUT2D eigenvalue weighted by Crippen LogP contribution is 2.15. The summed E-state index contributed by atoms with van der Waals surface area (Å²) in [5.74, 6) is 0.476. The van der Waals surface area contributed by atoms with Gasteiger partial charge in [-0.2, -0.15) is 11.3 Å². The number of rotatable bonds is 7. The van der Waals surface area contributed by atoms with Crippen molar-refractivity contribution in [3.8, 4) is 5.75 Å². The molecule has 0 bridgehead atoms. The third kappa shape index (κ3) is 5.04. The third-order valence-corrected chi connectivity index (χ3v) is 5.12. The number of thiophene rings is 1. The molecule has 0 aliphatic rings. The number of aryl methyl sites for hydroxylation is 1. The van der Waals surface area contributed by atoms with Crippen LogP contribution >= 0.6 is 11.3 Å². The second-order valence-electron chi connectivity index (χ2n) is 4.64. The number of nitrogens with one attached hydrogen (secondary N) is 1. The second-order valence-corrected chi connectivity index (χ2v) is 7.31. The Hall–Kier alpha value is -1.57. The fourth-order valence-electron chi connectivity index (χ4n) is 1.70. The van der Waals surface area contributed by atoms with E-state index in [4.69, 9.17) is 10.5 Å². The molecule has 1 heterocycles. The van der Waals surface area contributed by atoms with E-state index in [0.717, 1.165) is 11.1 Å². The lowest BCUT2D eigenvalue weighted by Gasteiger charge is -2.09. The molecule has 0 fully saturated rings. The Labute approximate surface area is 128 Å². The fraction of sp³-hybridized carbons (Fsp3) is 0.286. The van der Waals surface area contributed by atoms with Gasteiger partial charge in [0.15, 0.2) is 0 Å². The van der Waals surface area contributed by atoms with Crippen molar-refractivity contribution in [2.45, 2.75) is 13.5 Å². The van der Waals surface area contributed by atoms with Crippen LogP contribution in [0.3, 0.4) is 0 Å². The normalized spacial score (nSPS) is 11.5. The van der Waals surface area contributed by atoms with Crippen molar-refractivity contribution in [2.24, 2.45) is 0 Å². The van der Waals surface area contributed by atoms with Crippen molar-refractivity contribution in [3.63, 3.8) is 0 Å². The number of hydrogen-bond donors (Lipinski definition) is 2. The first-order chi connectivity index (χ1) is 9.96. The molecule has 7 heteroatoms. The standard InChI is InChI=1S/C14H18N2O3S2/c1-11-9-20-10-12(11)8-16-21(17,18)6-5-19-14-4-2-3-13(15)7-14/h2-4,7,9-10,16H,5-6,8,15H2,1H3. The van der Waals surface area contributed by atoms with Gasteiger partial charge in [-0.15, -0.1) is 0 Å². The van der Waals surface area contributed by atoms with Gasteiger partial charge in [0.2, 0.25) is 10.0 Å². The van der Waals surface area contributed by atoms with E-state index in [-0.39, 0.29) is 12.4 Å². The molecule has 5 nitrogen and oxygen atoms in total. The molecule has 0 amide bonds. The average Bonchev–Trinajstić information content (AvgIpc) is 2.82. The monoisotopic (exact) mass is 326 g/mol. The molecule has 0 saturated heterocycles. The minimum atomic E-state index is -3.36. The minimum absolute atomic E-state index is 0.0847. The summed E-state index contributed by atoms with van der Waals surface area (Å²) in [7, 11) is -3.36. The van der Waals surface area contributed by atoms with E-state index in [9.17, 15) is 8.42 Å². The predicted molar refractivity (Wildman–Crippen MR) is 86.0 cm³/mol. The molecular weight excluding hydrogens is 308 g/mol. The van der Waals surface area contributed by atoms with E-state index in [1.165, 1.54) is 0 Å². The van der Waals surface area contributed by atoms with Crippen LogP contribution in [0.25, 0.3) is 0 Å². The molecule has 2 rings (SSSR count). The van der Waals surface area contributed by atoms with Crippen LogP contribution in [0.5, 0.6) is 5.75 Å². The molecule has 114 valence electrons. The first kappa shape index (κ1) is 15.8. The van der Waals surface area contributed by atoms with Gasteiger partial charge in [0, 0.05) is 18.3 Å². The molecule has 1 aromatic heterocycles. The van der Waals surface area contributed by atoms with Gasteiger partial charge in [0.05, 0.1) is 5.75 Å². The fourth-order valence-corrected chi connectivity index (χ4v) is 3.38. The molecule has 0 saturated carbocycles. The Kier molecular flexibility index (Phi) is 5.22. The highest BCUT2D eigenvalue weighted by molar-refractivity contribution is 7.89. The summed E-state index contributed by atoms with van der Waals surface area (Å²) >= 11 is 1.56. The summed E-state index contributed by atoms with van der Waals surface area (Å²) in [6.07, 6.45) is 0. The van der Waals surface area contributed by atoms with Crippen LogP contribution in [0.2, 0.25) is 0 Å². The number of nitrogens with two attached hydrogens (primary N) is 1. The molecule has 1 aromatic carbocycles. The van der Waals surface area contributed by atoms with Crippen LogP contribution in [0.4, 0.5) is 5.69 Å². The van der Waals surface area contributed by atoms with Crippen LogP contribution in [0.1, 0.15) is 11.1 Å². The van der Waals surface area contributed by atoms with Crippen LogP contribution in [-0.4, -0.2) is 20.8 Å². The lowest BCUT2D eigenvalue weighted by Crippen LogP contribution is -2.28. The largest absolute Gasteiger partial charge is 0.492 e. The minimum Gasteiger partial charge on any atom is -0.492 e. The molecule has 2 aromatic rings. The van der Waals surface area contributed by atoms with Gasteiger partial charge in [-0.05, 0) is 40.9 Å². The van der Waals surface area contributed by atoms with Crippen LogP contribution in [0.15, 0.2) is 35.0 Å². The Balaban J connectivity index is 1.80. The first-order valence-corrected chi connectivity index (χ1v) is 9.03.